The SMILES string of the molecule is CC(c1ccc(-n2cnc3ccccc32)cc1)N(C)C(=O)CCc1ccc(C#N)cc1. The number of amides is 1. The van der Waals surface area contributed by atoms with Gasteiger partial charge in [-0.3, -0.25) is 9.36 Å². The summed E-state index contributed by atoms with van der Waals surface area (Å²) >= 11 is 0. The van der Waals surface area contributed by atoms with Crippen LogP contribution in [0.25, 0.3) is 16.7 Å². The van der Waals surface area contributed by atoms with E-state index in [-0.39, 0.29) is 11.9 Å². The summed E-state index contributed by atoms with van der Waals surface area (Å²) in [6.45, 7) is 2.04. The minimum atomic E-state index is -0.0259. The predicted molar refractivity (Wildman–Crippen MR) is 122 cm³/mol. The smallest absolute Gasteiger partial charge is 0.223 e. The number of carbonyl (C=O) groups is 1. The first-order valence-electron chi connectivity index (χ1n) is 10.3. The number of rotatable bonds is 6. The molecule has 0 bridgehead atoms. The van der Waals surface area contributed by atoms with E-state index in [0.717, 1.165) is 27.8 Å². The number of aromatic nitrogens is 2. The zero-order valence-corrected chi connectivity index (χ0v) is 17.7. The summed E-state index contributed by atoms with van der Waals surface area (Å²) in [7, 11) is 1.85. The number of aryl methyl sites for hydroxylation is 1. The van der Waals surface area contributed by atoms with E-state index in [1.54, 1.807) is 17.0 Å². The van der Waals surface area contributed by atoms with Crippen LogP contribution in [0.3, 0.4) is 0 Å². The molecule has 154 valence electrons. The fourth-order valence-electron chi connectivity index (χ4n) is 3.69. The lowest BCUT2D eigenvalue weighted by atomic mass is 10.0. The molecule has 5 nitrogen and oxygen atoms in total. The zero-order valence-electron chi connectivity index (χ0n) is 17.7. The van der Waals surface area contributed by atoms with Crippen molar-refractivity contribution in [1.82, 2.24) is 14.5 Å². The van der Waals surface area contributed by atoms with Crippen molar-refractivity contribution >= 4 is 16.9 Å². The van der Waals surface area contributed by atoms with E-state index < -0.39 is 0 Å². The summed E-state index contributed by atoms with van der Waals surface area (Å²) in [5, 5.41) is 8.89. The van der Waals surface area contributed by atoms with Gasteiger partial charge in [-0.1, -0.05) is 36.4 Å². The maximum absolute atomic E-state index is 12.7. The summed E-state index contributed by atoms with van der Waals surface area (Å²) in [6, 6.07) is 25.8. The Balaban J connectivity index is 1.41. The van der Waals surface area contributed by atoms with E-state index in [1.165, 1.54) is 0 Å². The van der Waals surface area contributed by atoms with Gasteiger partial charge in [-0.15, -0.1) is 0 Å². The number of benzene rings is 3. The fraction of sp³-hybridized carbons (Fsp3) is 0.192. The van der Waals surface area contributed by atoms with Crippen molar-refractivity contribution in [3.05, 3.63) is 95.8 Å². The number of imidazole rings is 1. The molecule has 0 radical (unpaired) electrons. The Kier molecular flexibility index (Phi) is 5.81. The number of fused-ring (bicyclic) bond motifs is 1. The summed E-state index contributed by atoms with van der Waals surface area (Å²) in [5.74, 6) is 0.0986. The van der Waals surface area contributed by atoms with Crippen molar-refractivity contribution < 1.29 is 4.79 Å². The lowest BCUT2D eigenvalue weighted by Gasteiger charge is -2.25. The number of nitriles is 1. The number of hydrogen-bond acceptors (Lipinski definition) is 3. The van der Waals surface area contributed by atoms with Gasteiger partial charge in [0.1, 0.15) is 6.33 Å². The van der Waals surface area contributed by atoms with Crippen LogP contribution in [0.5, 0.6) is 0 Å². The number of hydrogen-bond donors (Lipinski definition) is 0. The van der Waals surface area contributed by atoms with Gasteiger partial charge in [-0.25, -0.2) is 4.98 Å². The first-order chi connectivity index (χ1) is 15.1. The molecular formula is C26H24N4O. The molecule has 0 N–H and O–H groups in total. The molecule has 1 heterocycles. The molecule has 0 saturated carbocycles. The zero-order chi connectivity index (χ0) is 21.8. The molecule has 0 spiro atoms. The molecule has 4 aromatic rings. The summed E-state index contributed by atoms with van der Waals surface area (Å²) in [5.41, 5.74) is 5.85. The second-order valence-electron chi connectivity index (χ2n) is 7.68. The molecule has 0 saturated heterocycles. The third-order valence-electron chi connectivity index (χ3n) is 5.79. The van der Waals surface area contributed by atoms with Crippen molar-refractivity contribution in [1.29, 1.82) is 5.26 Å². The van der Waals surface area contributed by atoms with Gasteiger partial charge in [0.15, 0.2) is 0 Å². The molecular weight excluding hydrogens is 384 g/mol. The normalized spacial score (nSPS) is 11.8. The molecule has 0 fully saturated rings. The maximum atomic E-state index is 12.7. The maximum Gasteiger partial charge on any atom is 0.223 e. The minimum absolute atomic E-state index is 0.0259. The Hall–Kier alpha value is -3.91. The van der Waals surface area contributed by atoms with Crippen LogP contribution in [0.2, 0.25) is 0 Å². The van der Waals surface area contributed by atoms with Crippen LogP contribution in [0.1, 0.15) is 36.1 Å². The van der Waals surface area contributed by atoms with E-state index in [1.807, 2.05) is 50.6 Å². The van der Waals surface area contributed by atoms with E-state index in [2.05, 4.69) is 46.0 Å². The van der Waals surface area contributed by atoms with Crippen molar-refractivity contribution in [2.24, 2.45) is 0 Å². The molecule has 1 atom stereocenters. The van der Waals surface area contributed by atoms with Crippen LogP contribution in [0, 0.1) is 11.3 Å². The molecule has 1 amide bonds. The predicted octanol–water partition coefficient (Wildman–Crippen LogP) is 5.05. The van der Waals surface area contributed by atoms with Gasteiger partial charge in [0.2, 0.25) is 5.91 Å². The first kappa shape index (κ1) is 20.4. The third kappa shape index (κ3) is 4.34. The Morgan fingerprint density at radius 3 is 2.48 bits per heavy atom. The lowest BCUT2D eigenvalue weighted by molar-refractivity contribution is -0.131. The molecule has 0 aliphatic carbocycles. The highest BCUT2D eigenvalue weighted by atomic mass is 16.2. The molecule has 5 heteroatoms. The van der Waals surface area contributed by atoms with Gasteiger partial charge < -0.3 is 4.90 Å². The second-order valence-corrected chi connectivity index (χ2v) is 7.68. The molecule has 1 unspecified atom stereocenters. The van der Waals surface area contributed by atoms with Crippen LogP contribution in [0.15, 0.2) is 79.1 Å². The van der Waals surface area contributed by atoms with Crippen molar-refractivity contribution in [3.8, 4) is 11.8 Å². The number of para-hydroxylation sites is 2. The van der Waals surface area contributed by atoms with Crippen LogP contribution < -0.4 is 0 Å². The van der Waals surface area contributed by atoms with Crippen molar-refractivity contribution in [3.63, 3.8) is 0 Å². The van der Waals surface area contributed by atoms with Gasteiger partial charge in [-0.05, 0) is 60.9 Å². The highest BCUT2D eigenvalue weighted by Gasteiger charge is 2.17. The number of carbonyl (C=O) groups excluding carboxylic acids is 1. The van der Waals surface area contributed by atoms with E-state index >= 15 is 0 Å². The Bertz CT molecular complexity index is 1230. The average molecular weight is 409 g/mol. The molecule has 1 aromatic heterocycles. The average Bonchev–Trinajstić information content (AvgIpc) is 3.26. The van der Waals surface area contributed by atoms with Crippen LogP contribution in [-0.4, -0.2) is 27.4 Å². The van der Waals surface area contributed by atoms with Crippen LogP contribution in [0.4, 0.5) is 0 Å². The van der Waals surface area contributed by atoms with Crippen LogP contribution >= 0.6 is 0 Å². The lowest BCUT2D eigenvalue weighted by Crippen LogP contribution is -2.29. The van der Waals surface area contributed by atoms with Crippen molar-refractivity contribution in [2.45, 2.75) is 25.8 Å². The largest absolute Gasteiger partial charge is 0.339 e. The van der Waals surface area contributed by atoms with Crippen LogP contribution in [-0.2, 0) is 11.2 Å². The van der Waals surface area contributed by atoms with E-state index in [0.29, 0.717) is 18.4 Å². The Labute approximate surface area is 182 Å². The summed E-state index contributed by atoms with van der Waals surface area (Å²) < 4.78 is 2.07. The summed E-state index contributed by atoms with van der Waals surface area (Å²) in [6.07, 6.45) is 2.93. The quantitative estimate of drug-likeness (QED) is 0.448. The third-order valence-corrected chi connectivity index (χ3v) is 5.79. The molecule has 3 aromatic carbocycles. The van der Waals surface area contributed by atoms with E-state index in [9.17, 15) is 4.79 Å². The van der Waals surface area contributed by atoms with E-state index in [4.69, 9.17) is 5.26 Å². The summed E-state index contributed by atoms with van der Waals surface area (Å²) in [4.78, 5) is 19.0. The topological polar surface area (TPSA) is 61.9 Å². The minimum Gasteiger partial charge on any atom is -0.339 e. The van der Waals surface area contributed by atoms with Gasteiger partial charge in [0.25, 0.3) is 0 Å². The molecule has 4 rings (SSSR count). The van der Waals surface area contributed by atoms with Gasteiger partial charge in [0, 0.05) is 19.2 Å². The Morgan fingerprint density at radius 2 is 1.77 bits per heavy atom. The Morgan fingerprint density at radius 1 is 1.06 bits per heavy atom. The highest BCUT2D eigenvalue weighted by Crippen LogP contribution is 2.23. The van der Waals surface area contributed by atoms with Gasteiger partial charge in [-0.2, -0.15) is 5.26 Å². The first-order valence-corrected chi connectivity index (χ1v) is 10.3. The molecule has 31 heavy (non-hydrogen) atoms. The fourth-order valence-corrected chi connectivity index (χ4v) is 3.69. The molecule has 0 aliphatic rings. The van der Waals surface area contributed by atoms with Gasteiger partial charge >= 0.3 is 0 Å². The molecule has 0 aliphatic heterocycles. The van der Waals surface area contributed by atoms with Crippen molar-refractivity contribution in [2.75, 3.05) is 7.05 Å². The van der Waals surface area contributed by atoms with Gasteiger partial charge in [0.05, 0.1) is 28.7 Å². The highest BCUT2D eigenvalue weighted by molar-refractivity contribution is 5.77. The standard InChI is InChI=1S/C26H24N4O/c1-19(29(2)26(31)16-11-20-7-9-21(17-27)10-8-20)22-12-14-23(15-13-22)30-18-28-24-5-3-4-6-25(24)30/h3-10,12-15,18-19H,11,16H2,1-2H3. The second kappa shape index (κ2) is 8.85. The number of nitrogens with zero attached hydrogens (tertiary/aromatic N) is 4. The monoisotopic (exact) mass is 408 g/mol.